The van der Waals surface area contributed by atoms with Crippen LogP contribution in [-0.2, 0) is 30.9 Å². The first-order chi connectivity index (χ1) is 16.2. The highest BCUT2D eigenvalue weighted by atomic mass is 16.5. The number of aromatic amines is 1. The molecule has 2 aromatic heterocycles. The monoisotopic (exact) mass is 444 g/mol. The lowest BCUT2D eigenvalue weighted by molar-refractivity contribution is 0.0914. The van der Waals surface area contributed by atoms with E-state index in [2.05, 4.69) is 37.5 Å². The highest BCUT2D eigenvalue weighted by molar-refractivity contribution is 5.81. The lowest BCUT2D eigenvalue weighted by Gasteiger charge is -2.22. The van der Waals surface area contributed by atoms with E-state index in [-0.39, 0.29) is 11.7 Å². The molecule has 1 N–H and O–H groups in total. The highest BCUT2D eigenvalue weighted by Gasteiger charge is 2.20. The first-order valence-electron chi connectivity index (χ1n) is 11.4. The SMILES string of the molecule is Cc1cccc2cc(CN(Cc3ccccc3)Cc3nnnn3C[C@H]3CCCO3)c(=O)[nH]c12. The number of aromatic nitrogens is 5. The molecule has 3 heterocycles. The second kappa shape index (κ2) is 9.64. The number of fused-ring (bicyclic) bond motifs is 1. The van der Waals surface area contributed by atoms with Crippen molar-refractivity contribution in [1.29, 1.82) is 0 Å². The molecule has 0 saturated carbocycles. The summed E-state index contributed by atoms with van der Waals surface area (Å²) in [7, 11) is 0. The lowest BCUT2D eigenvalue weighted by Crippen LogP contribution is -2.29. The quantitative estimate of drug-likeness (QED) is 0.449. The Bertz CT molecular complexity index is 1280. The lowest BCUT2D eigenvalue weighted by atomic mass is 10.1. The van der Waals surface area contributed by atoms with Gasteiger partial charge in [0, 0.05) is 25.3 Å². The van der Waals surface area contributed by atoms with Crippen LogP contribution in [0.3, 0.4) is 0 Å². The van der Waals surface area contributed by atoms with Crippen LogP contribution in [0.1, 0.15) is 35.4 Å². The zero-order valence-electron chi connectivity index (χ0n) is 18.8. The van der Waals surface area contributed by atoms with Gasteiger partial charge in [0.2, 0.25) is 0 Å². The van der Waals surface area contributed by atoms with E-state index >= 15 is 0 Å². The number of nitrogens with one attached hydrogen (secondary N) is 1. The average molecular weight is 445 g/mol. The molecular weight excluding hydrogens is 416 g/mol. The number of aryl methyl sites for hydroxylation is 1. The van der Waals surface area contributed by atoms with E-state index in [1.165, 1.54) is 5.56 Å². The van der Waals surface area contributed by atoms with E-state index < -0.39 is 0 Å². The van der Waals surface area contributed by atoms with Crippen LogP contribution in [0.5, 0.6) is 0 Å². The van der Waals surface area contributed by atoms with Gasteiger partial charge in [-0.2, -0.15) is 0 Å². The minimum Gasteiger partial charge on any atom is -0.376 e. The summed E-state index contributed by atoms with van der Waals surface area (Å²) in [6.07, 6.45) is 2.26. The zero-order valence-corrected chi connectivity index (χ0v) is 18.8. The summed E-state index contributed by atoms with van der Waals surface area (Å²) >= 11 is 0. The molecule has 0 bridgehead atoms. The van der Waals surface area contributed by atoms with Gasteiger partial charge in [0.25, 0.3) is 5.56 Å². The van der Waals surface area contributed by atoms with E-state index in [4.69, 9.17) is 4.74 Å². The van der Waals surface area contributed by atoms with E-state index in [1.54, 1.807) is 0 Å². The molecule has 0 aliphatic carbocycles. The highest BCUT2D eigenvalue weighted by Crippen LogP contribution is 2.18. The predicted octanol–water partition coefficient (Wildman–Crippen LogP) is 3.20. The number of nitrogens with zero attached hydrogens (tertiary/aromatic N) is 5. The second-order valence-corrected chi connectivity index (χ2v) is 8.71. The molecule has 8 nitrogen and oxygen atoms in total. The number of ether oxygens (including phenoxy) is 1. The fourth-order valence-corrected chi connectivity index (χ4v) is 4.46. The first-order valence-corrected chi connectivity index (χ1v) is 11.4. The maximum atomic E-state index is 12.9. The summed E-state index contributed by atoms with van der Waals surface area (Å²) in [5, 5.41) is 13.4. The van der Waals surface area contributed by atoms with Gasteiger partial charge in [-0.25, -0.2) is 4.68 Å². The van der Waals surface area contributed by atoms with Crippen LogP contribution in [-0.4, -0.2) is 42.8 Å². The number of hydrogen-bond donors (Lipinski definition) is 1. The Kier molecular flexibility index (Phi) is 6.28. The molecule has 170 valence electrons. The summed E-state index contributed by atoms with van der Waals surface area (Å²) in [5.41, 5.74) is 3.78. The molecule has 2 aromatic carbocycles. The Morgan fingerprint density at radius 3 is 2.82 bits per heavy atom. The van der Waals surface area contributed by atoms with Gasteiger partial charge < -0.3 is 9.72 Å². The Labute approximate surface area is 192 Å². The third kappa shape index (κ3) is 5.02. The molecule has 0 radical (unpaired) electrons. The van der Waals surface area contributed by atoms with Crippen LogP contribution in [0.25, 0.3) is 10.9 Å². The maximum absolute atomic E-state index is 12.9. The van der Waals surface area contributed by atoms with Gasteiger partial charge >= 0.3 is 0 Å². The number of benzene rings is 2. The summed E-state index contributed by atoms with van der Waals surface area (Å²) in [6, 6.07) is 18.3. The van der Waals surface area contributed by atoms with Crippen molar-refractivity contribution in [2.24, 2.45) is 0 Å². The van der Waals surface area contributed by atoms with Crippen LogP contribution >= 0.6 is 0 Å². The van der Waals surface area contributed by atoms with Crippen LogP contribution in [0.2, 0.25) is 0 Å². The average Bonchev–Trinajstić information content (AvgIpc) is 3.48. The van der Waals surface area contributed by atoms with Crippen molar-refractivity contribution in [2.45, 2.75) is 52.0 Å². The van der Waals surface area contributed by atoms with Crippen molar-refractivity contribution in [2.75, 3.05) is 6.61 Å². The van der Waals surface area contributed by atoms with Crippen molar-refractivity contribution in [3.05, 3.63) is 87.5 Å². The van der Waals surface area contributed by atoms with Gasteiger partial charge in [0.15, 0.2) is 5.82 Å². The van der Waals surface area contributed by atoms with Crippen LogP contribution in [0, 0.1) is 6.92 Å². The minimum absolute atomic E-state index is 0.0613. The van der Waals surface area contributed by atoms with Gasteiger partial charge in [-0.1, -0.05) is 48.5 Å². The summed E-state index contributed by atoms with van der Waals surface area (Å²) in [4.78, 5) is 18.2. The standard InChI is InChI=1S/C25H28N6O2/c1-18-7-5-10-20-13-21(25(32)26-24(18)20)15-30(14-19-8-3-2-4-9-19)17-23-27-28-29-31(23)16-22-11-6-12-33-22/h2-5,7-10,13,22H,6,11-12,14-17H2,1H3,(H,26,32)/t22-/m1/s1. The van der Waals surface area contributed by atoms with Crippen molar-refractivity contribution >= 4 is 10.9 Å². The molecule has 1 aliphatic rings. The Hall–Kier alpha value is -3.36. The fraction of sp³-hybridized carbons (Fsp3) is 0.360. The topological polar surface area (TPSA) is 88.9 Å². The van der Waals surface area contributed by atoms with E-state index in [0.29, 0.717) is 26.2 Å². The fourth-order valence-electron chi connectivity index (χ4n) is 4.46. The smallest absolute Gasteiger partial charge is 0.252 e. The summed E-state index contributed by atoms with van der Waals surface area (Å²) < 4.78 is 7.60. The van der Waals surface area contributed by atoms with Gasteiger partial charge in [-0.05, 0) is 52.8 Å². The Morgan fingerprint density at radius 1 is 1.12 bits per heavy atom. The molecule has 0 amide bonds. The number of tetrazole rings is 1. The molecule has 5 rings (SSSR count). The van der Waals surface area contributed by atoms with Crippen LogP contribution < -0.4 is 5.56 Å². The largest absolute Gasteiger partial charge is 0.376 e. The third-order valence-electron chi connectivity index (χ3n) is 6.18. The number of pyridine rings is 1. The second-order valence-electron chi connectivity index (χ2n) is 8.71. The molecule has 0 unspecified atom stereocenters. The van der Waals surface area contributed by atoms with Crippen molar-refractivity contribution in [1.82, 2.24) is 30.1 Å². The Balaban J connectivity index is 1.42. The van der Waals surface area contributed by atoms with Gasteiger partial charge in [0.05, 0.1) is 24.7 Å². The van der Waals surface area contributed by atoms with E-state index in [0.717, 1.165) is 47.3 Å². The van der Waals surface area contributed by atoms with Gasteiger partial charge in [0.1, 0.15) is 0 Å². The number of para-hydroxylation sites is 1. The molecule has 1 aliphatic heterocycles. The van der Waals surface area contributed by atoms with Crippen LogP contribution in [0.4, 0.5) is 0 Å². The molecule has 1 fully saturated rings. The number of H-pyrrole nitrogens is 1. The summed E-state index contributed by atoms with van der Waals surface area (Å²) in [6.45, 7) is 5.15. The molecular formula is C25H28N6O2. The van der Waals surface area contributed by atoms with Crippen molar-refractivity contribution in [3.8, 4) is 0 Å². The first kappa shape index (κ1) is 21.5. The van der Waals surface area contributed by atoms with E-state index in [9.17, 15) is 4.79 Å². The molecule has 4 aromatic rings. The zero-order chi connectivity index (χ0) is 22.6. The van der Waals surface area contributed by atoms with Crippen molar-refractivity contribution < 1.29 is 4.74 Å². The van der Waals surface area contributed by atoms with Gasteiger partial charge in [-0.3, -0.25) is 9.69 Å². The predicted molar refractivity (Wildman–Crippen MR) is 125 cm³/mol. The normalized spacial score (nSPS) is 16.1. The Morgan fingerprint density at radius 2 is 2.00 bits per heavy atom. The van der Waals surface area contributed by atoms with E-state index in [1.807, 2.05) is 54.1 Å². The van der Waals surface area contributed by atoms with Crippen LogP contribution in [0.15, 0.2) is 59.4 Å². The summed E-state index contributed by atoms with van der Waals surface area (Å²) in [5.74, 6) is 0.773. The number of hydrogen-bond acceptors (Lipinski definition) is 6. The maximum Gasteiger partial charge on any atom is 0.252 e. The number of rotatable bonds is 8. The minimum atomic E-state index is -0.0613. The molecule has 33 heavy (non-hydrogen) atoms. The molecule has 8 heteroatoms. The molecule has 1 atom stereocenters. The third-order valence-corrected chi connectivity index (χ3v) is 6.18. The van der Waals surface area contributed by atoms with Gasteiger partial charge in [-0.15, -0.1) is 5.10 Å². The van der Waals surface area contributed by atoms with Crippen molar-refractivity contribution in [3.63, 3.8) is 0 Å². The molecule has 1 saturated heterocycles. The molecule has 0 spiro atoms.